The molecule has 130 valence electrons. The largest absolute Gasteiger partial charge is 0.345 e. The summed E-state index contributed by atoms with van der Waals surface area (Å²) in [6.07, 6.45) is 2.84. The van der Waals surface area contributed by atoms with Crippen molar-refractivity contribution in [1.82, 2.24) is 10.3 Å². The van der Waals surface area contributed by atoms with Crippen LogP contribution in [-0.4, -0.2) is 23.0 Å². The van der Waals surface area contributed by atoms with Gasteiger partial charge in [-0.15, -0.1) is 36.2 Å². The zero-order chi connectivity index (χ0) is 15.3. The zero-order valence-corrected chi connectivity index (χ0v) is 16.5. The van der Waals surface area contributed by atoms with Gasteiger partial charge in [-0.3, -0.25) is 4.79 Å². The highest BCUT2D eigenvalue weighted by atomic mass is 35.5. The number of aryl methyl sites for hydroxylation is 2. The molecule has 1 unspecified atom stereocenters. The first-order valence-corrected chi connectivity index (χ1v) is 8.12. The quantitative estimate of drug-likeness (QED) is 0.768. The lowest BCUT2D eigenvalue weighted by Crippen LogP contribution is -2.52. The first-order chi connectivity index (χ1) is 9.31. The number of aromatic nitrogens is 1. The number of nitrogens with one attached hydrogen (secondary N) is 1. The van der Waals surface area contributed by atoms with E-state index in [2.05, 4.69) is 31.1 Å². The molecule has 0 fully saturated rings. The van der Waals surface area contributed by atoms with E-state index in [0.29, 0.717) is 12.5 Å². The maximum Gasteiger partial charge on any atom is 0.263 e. The van der Waals surface area contributed by atoms with E-state index in [9.17, 15) is 4.79 Å². The van der Waals surface area contributed by atoms with E-state index in [1.165, 1.54) is 11.3 Å². The monoisotopic (exact) mass is 369 g/mol. The number of carbonyl (C=O) groups excluding carboxylic acids is 1. The summed E-state index contributed by atoms with van der Waals surface area (Å²) < 4.78 is 0. The van der Waals surface area contributed by atoms with Crippen LogP contribution >= 0.6 is 36.2 Å². The molecule has 0 aromatic carbocycles. The molecule has 1 aromatic heterocycles. The Balaban J connectivity index is 0. The van der Waals surface area contributed by atoms with Crippen molar-refractivity contribution in [2.45, 2.75) is 59.4 Å². The molecule has 1 heterocycles. The van der Waals surface area contributed by atoms with Gasteiger partial charge in [0.2, 0.25) is 0 Å². The van der Waals surface area contributed by atoms with Crippen molar-refractivity contribution in [1.29, 1.82) is 0 Å². The van der Waals surface area contributed by atoms with Crippen LogP contribution in [0.3, 0.4) is 0 Å². The minimum atomic E-state index is -0.355. The fourth-order valence-corrected chi connectivity index (χ4v) is 3.46. The van der Waals surface area contributed by atoms with E-state index in [4.69, 9.17) is 5.73 Å². The number of nitrogens with two attached hydrogens (primary N) is 1. The molecule has 0 aliphatic heterocycles. The molecule has 0 saturated heterocycles. The van der Waals surface area contributed by atoms with Crippen LogP contribution in [-0.2, 0) is 6.42 Å². The molecule has 0 aliphatic rings. The van der Waals surface area contributed by atoms with Crippen molar-refractivity contribution < 1.29 is 4.79 Å². The van der Waals surface area contributed by atoms with E-state index >= 15 is 0 Å². The standard InChI is InChI=1S/C15H27N3OS.2ClH/c1-6-7-12-17-11(4)13(20-12)14(19)18-15(5,9-16)8-10(2)3;;/h10H,6-9,16H2,1-5H3,(H,18,19);2*1H. The number of amides is 1. The maximum absolute atomic E-state index is 12.4. The van der Waals surface area contributed by atoms with Gasteiger partial charge in [-0.1, -0.05) is 20.8 Å². The summed E-state index contributed by atoms with van der Waals surface area (Å²) in [5, 5.41) is 4.13. The summed E-state index contributed by atoms with van der Waals surface area (Å²) in [5.41, 5.74) is 6.31. The van der Waals surface area contributed by atoms with E-state index in [-0.39, 0.29) is 36.3 Å². The first-order valence-electron chi connectivity index (χ1n) is 7.30. The first kappa shape index (κ1) is 23.9. The molecule has 1 amide bonds. The topological polar surface area (TPSA) is 68.0 Å². The highest BCUT2D eigenvalue weighted by Gasteiger charge is 2.28. The summed E-state index contributed by atoms with van der Waals surface area (Å²) in [4.78, 5) is 17.6. The predicted molar refractivity (Wildman–Crippen MR) is 99.7 cm³/mol. The summed E-state index contributed by atoms with van der Waals surface area (Å²) >= 11 is 1.50. The molecule has 4 nitrogen and oxygen atoms in total. The summed E-state index contributed by atoms with van der Waals surface area (Å²) in [6.45, 7) is 10.7. The fourth-order valence-electron chi connectivity index (χ4n) is 2.40. The zero-order valence-electron chi connectivity index (χ0n) is 14.1. The van der Waals surface area contributed by atoms with Gasteiger partial charge >= 0.3 is 0 Å². The second-order valence-corrected chi connectivity index (χ2v) is 7.17. The van der Waals surface area contributed by atoms with Crippen LogP contribution in [0.5, 0.6) is 0 Å². The highest BCUT2D eigenvalue weighted by molar-refractivity contribution is 7.13. The molecule has 1 aromatic rings. The molecular formula is C15H29Cl2N3OS. The number of hydrogen-bond acceptors (Lipinski definition) is 4. The minimum Gasteiger partial charge on any atom is -0.345 e. The average molecular weight is 370 g/mol. The van der Waals surface area contributed by atoms with E-state index in [0.717, 1.165) is 34.8 Å². The van der Waals surface area contributed by atoms with E-state index in [1.807, 2.05) is 13.8 Å². The van der Waals surface area contributed by atoms with Crippen LogP contribution in [0.4, 0.5) is 0 Å². The molecule has 1 atom stereocenters. The van der Waals surface area contributed by atoms with Gasteiger partial charge in [-0.05, 0) is 39.0 Å². The Morgan fingerprint density at radius 3 is 2.45 bits per heavy atom. The van der Waals surface area contributed by atoms with Gasteiger partial charge in [-0.25, -0.2) is 4.98 Å². The Morgan fingerprint density at radius 1 is 1.41 bits per heavy atom. The molecule has 0 aliphatic carbocycles. The molecule has 0 saturated carbocycles. The van der Waals surface area contributed by atoms with Gasteiger partial charge in [0.1, 0.15) is 4.88 Å². The SMILES string of the molecule is CCCc1nc(C)c(C(=O)NC(C)(CN)CC(C)C)s1.Cl.Cl. The number of thiazole rings is 1. The van der Waals surface area contributed by atoms with Crippen molar-refractivity contribution in [2.75, 3.05) is 6.54 Å². The van der Waals surface area contributed by atoms with Gasteiger partial charge in [0, 0.05) is 6.54 Å². The van der Waals surface area contributed by atoms with Gasteiger partial charge < -0.3 is 11.1 Å². The Labute approximate surface area is 150 Å². The number of carbonyl (C=O) groups is 1. The Kier molecular flexibility index (Phi) is 11.3. The third kappa shape index (κ3) is 6.82. The number of rotatable bonds is 7. The molecule has 1 rings (SSSR count). The summed E-state index contributed by atoms with van der Waals surface area (Å²) in [6, 6.07) is 0. The molecule has 0 radical (unpaired) electrons. The molecule has 7 heteroatoms. The molecular weight excluding hydrogens is 341 g/mol. The van der Waals surface area contributed by atoms with Gasteiger partial charge in [0.25, 0.3) is 5.91 Å². The van der Waals surface area contributed by atoms with Crippen molar-refractivity contribution >= 4 is 42.1 Å². The van der Waals surface area contributed by atoms with Crippen LogP contribution in [0.1, 0.15) is 60.9 Å². The summed E-state index contributed by atoms with van der Waals surface area (Å²) in [5.74, 6) is 0.443. The molecule has 3 N–H and O–H groups in total. The van der Waals surface area contributed by atoms with Gasteiger partial charge in [-0.2, -0.15) is 0 Å². The lowest BCUT2D eigenvalue weighted by atomic mass is 9.90. The van der Waals surface area contributed by atoms with E-state index in [1.54, 1.807) is 0 Å². The number of nitrogens with zero attached hydrogens (tertiary/aromatic N) is 1. The molecule has 22 heavy (non-hydrogen) atoms. The third-order valence-corrected chi connectivity index (χ3v) is 4.45. The fraction of sp³-hybridized carbons (Fsp3) is 0.733. The Hall–Kier alpha value is -0.360. The smallest absolute Gasteiger partial charge is 0.263 e. The summed E-state index contributed by atoms with van der Waals surface area (Å²) in [7, 11) is 0. The second kappa shape index (κ2) is 10.4. The van der Waals surface area contributed by atoms with Crippen LogP contribution in [0.15, 0.2) is 0 Å². The number of hydrogen-bond donors (Lipinski definition) is 2. The minimum absolute atomic E-state index is 0. The molecule has 0 spiro atoms. The normalized spacial score (nSPS) is 13.0. The molecule has 0 bridgehead atoms. The Bertz CT molecular complexity index is 466. The maximum atomic E-state index is 12.4. The van der Waals surface area contributed by atoms with Crippen LogP contribution in [0.25, 0.3) is 0 Å². The van der Waals surface area contributed by atoms with Crippen molar-refractivity contribution in [3.63, 3.8) is 0 Å². The van der Waals surface area contributed by atoms with Crippen LogP contribution in [0.2, 0.25) is 0 Å². The van der Waals surface area contributed by atoms with E-state index < -0.39 is 0 Å². The third-order valence-electron chi connectivity index (χ3n) is 3.24. The number of halogens is 2. The van der Waals surface area contributed by atoms with Gasteiger partial charge in [0.15, 0.2) is 0 Å². The lowest BCUT2D eigenvalue weighted by Gasteiger charge is -2.31. The van der Waals surface area contributed by atoms with Crippen LogP contribution in [0, 0.1) is 12.8 Å². The van der Waals surface area contributed by atoms with Gasteiger partial charge in [0.05, 0.1) is 16.2 Å². The average Bonchev–Trinajstić information content (AvgIpc) is 2.70. The van der Waals surface area contributed by atoms with Crippen molar-refractivity contribution in [2.24, 2.45) is 11.7 Å². The van der Waals surface area contributed by atoms with Crippen LogP contribution < -0.4 is 11.1 Å². The Morgan fingerprint density at radius 2 is 2.00 bits per heavy atom. The second-order valence-electron chi connectivity index (χ2n) is 6.09. The highest BCUT2D eigenvalue weighted by Crippen LogP contribution is 2.22. The van der Waals surface area contributed by atoms with Crippen molar-refractivity contribution in [3.05, 3.63) is 15.6 Å². The lowest BCUT2D eigenvalue weighted by molar-refractivity contribution is 0.0901. The predicted octanol–water partition coefficient (Wildman–Crippen LogP) is 3.74. The van der Waals surface area contributed by atoms with Crippen molar-refractivity contribution in [3.8, 4) is 0 Å².